The Bertz CT molecular complexity index is 820. The summed E-state index contributed by atoms with van der Waals surface area (Å²) < 4.78 is 0. The molecule has 0 aliphatic rings. The molecule has 0 spiro atoms. The Hall–Kier alpha value is -1.78. The summed E-state index contributed by atoms with van der Waals surface area (Å²) >= 11 is 0. The molecule has 0 radical (unpaired) electrons. The predicted molar refractivity (Wildman–Crippen MR) is 170 cm³/mol. The van der Waals surface area contributed by atoms with Crippen molar-refractivity contribution in [1.29, 1.82) is 0 Å². The minimum Gasteiger partial charge on any atom is -0.356 e. The van der Waals surface area contributed by atoms with Crippen molar-refractivity contribution in [1.82, 2.24) is 21.4 Å². The third-order valence-electron chi connectivity index (χ3n) is 6.51. The molecule has 0 aromatic heterocycles. The van der Waals surface area contributed by atoms with Crippen molar-refractivity contribution in [2.75, 3.05) is 32.7 Å². The van der Waals surface area contributed by atoms with E-state index < -0.39 is 0 Å². The first-order valence-electron chi connectivity index (χ1n) is 13.9. The molecule has 2 rings (SSSR count). The second-order valence-electron chi connectivity index (χ2n) is 9.52. The average Bonchev–Trinajstić information content (AvgIpc) is 2.94. The highest BCUT2D eigenvalue weighted by Gasteiger charge is 2.13. The van der Waals surface area contributed by atoms with E-state index in [1.54, 1.807) is 5.48 Å². The van der Waals surface area contributed by atoms with E-state index in [9.17, 15) is 9.59 Å². The molecule has 0 heterocycles. The molecule has 0 aliphatic heterocycles. The minimum absolute atomic E-state index is 0. The van der Waals surface area contributed by atoms with Gasteiger partial charge in [-0.25, -0.2) is 5.48 Å². The molecular formula is C30H48Br2N4O3. The molecule has 5 N–H and O–H groups in total. The normalized spacial score (nSPS) is 10.4. The highest BCUT2D eigenvalue weighted by atomic mass is 79.9. The second-order valence-corrected chi connectivity index (χ2v) is 9.52. The highest BCUT2D eigenvalue weighted by Crippen LogP contribution is 2.27. The summed E-state index contributed by atoms with van der Waals surface area (Å²) in [6.07, 6.45) is 8.54. The number of carbonyl (C=O) groups excluding carboxylic acids is 2. The van der Waals surface area contributed by atoms with Gasteiger partial charge in [0.2, 0.25) is 11.8 Å². The fraction of sp³-hybridized carbons (Fsp3) is 0.533. The Morgan fingerprint density at radius 2 is 1.08 bits per heavy atom. The van der Waals surface area contributed by atoms with Crippen LogP contribution < -0.4 is 21.4 Å². The van der Waals surface area contributed by atoms with Crippen LogP contribution in [0.15, 0.2) is 60.7 Å². The van der Waals surface area contributed by atoms with Crippen molar-refractivity contribution in [3.8, 4) is 0 Å². The molecule has 0 bridgehead atoms. The van der Waals surface area contributed by atoms with Gasteiger partial charge in [-0.05, 0) is 75.8 Å². The van der Waals surface area contributed by atoms with Gasteiger partial charge in [-0.1, -0.05) is 73.5 Å². The standard InChI is InChI=1S/C30H46N4O3.2BrH/c35-29(18-9-1-2-10-19-30(36)34-37)33-24-13-23-31-21-11-12-22-32-25-20-28(26-14-5-3-6-15-26)27-16-7-4-8-17-27;;/h3-8,14-17,28,31-32,37H,1-2,9-13,18-25H2,(H,33,35)(H,34,36);2*1H. The summed E-state index contributed by atoms with van der Waals surface area (Å²) in [5.74, 6) is 0.167. The molecular weight excluding hydrogens is 624 g/mol. The average molecular weight is 673 g/mol. The van der Waals surface area contributed by atoms with Gasteiger partial charge in [-0.2, -0.15) is 0 Å². The Labute approximate surface area is 255 Å². The van der Waals surface area contributed by atoms with Gasteiger partial charge >= 0.3 is 0 Å². The van der Waals surface area contributed by atoms with Crippen molar-refractivity contribution in [3.05, 3.63) is 71.8 Å². The van der Waals surface area contributed by atoms with Crippen LogP contribution >= 0.6 is 34.0 Å². The van der Waals surface area contributed by atoms with E-state index in [2.05, 4.69) is 76.6 Å². The van der Waals surface area contributed by atoms with Gasteiger partial charge in [-0.3, -0.25) is 14.8 Å². The lowest BCUT2D eigenvalue weighted by molar-refractivity contribution is -0.129. The number of nitrogens with one attached hydrogen (secondary N) is 4. The van der Waals surface area contributed by atoms with Crippen LogP contribution in [0.5, 0.6) is 0 Å². The van der Waals surface area contributed by atoms with Crippen LogP contribution in [0.1, 0.15) is 81.3 Å². The predicted octanol–water partition coefficient (Wildman–Crippen LogP) is 5.68. The summed E-state index contributed by atoms with van der Waals surface area (Å²) in [7, 11) is 0. The van der Waals surface area contributed by atoms with Crippen LogP contribution in [0.2, 0.25) is 0 Å². The maximum absolute atomic E-state index is 11.9. The zero-order chi connectivity index (χ0) is 26.4. The number of halogens is 2. The van der Waals surface area contributed by atoms with E-state index >= 15 is 0 Å². The maximum atomic E-state index is 11.9. The van der Waals surface area contributed by atoms with E-state index in [0.717, 1.165) is 77.5 Å². The Kier molecular flexibility index (Phi) is 24.1. The van der Waals surface area contributed by atoms with E-state index in [-0.39, 0.29) is 45.8 Å². The first kappa shape index (κ1) is 37.2. The van der Waals surface area contributed by atoms with Crippen LogP contribution in [-0.4, -0.2) is 49.7 Å². The topological polar surface area (TPSA) is 102 Å². The van der Waals surface area contributed by atoms with E-state index in [1.807, 2.05) is 0 Å². The maximum Gasteiger partial charge on any atom is 0.243 e. The van der Waals surface area contributed by atoms with Crippen molar-refractivity contribution in [2.24, 2.45) is 0 Å². The minimum atomic E-state index is -0.352. The largest absolute Gasteiger partial charge is 0.356 e. The van der Waals surface area contributed by atoms with Gasteiger partial charge in [0, 0.05) is 25.3 Å². The number of hydrogen-bond donors (Lipinski definition) is 5. The quantitative estimate of drug-likeness (QED) is 0.0668. The van der Waals surface area contributed by atoms with Gasteiger partial charge < -0.3 is 16.0 Å². The number of carbonyl (C=O) groups is 2. The zero-order valence-corrected chi connectivity index (χ0v) is 26.5. The molecule has 0 atom stereocenters. The lowest BCUT2D eigenvalue weighted by atomic mass is 9.88. The lowest BCUT2D eigenvalue weighted by Crippen LogP contribution is -2.27. The molecule has 2 aromatic rings. The van der Waals surface area contributed by atoms with Gasteiger partial charge in [0.05, 0.1) is 0 Å². The molecule has 0 unspecified atom stereocenters. The van der Waals surface area contributed by atoms with Gasteiger partial charge in [0.25, 0.3) is 0 Å². The second kappa shape index (κ2) is 25.2. The van der Waals surface area contributed by atoms with Crippen LogP contribution in [0.25, 0.3) is 0 Å². The third kappa shape index (κ3) is 18.2. The lowest BCUT2D eigenvalue weighted by Gasteiger charge is -2.18. The van der Waals surface area contributed by atoms with Gasteiger partial charge in [0.1, 0.15) is 0 Å². The zero-order valence-electron chi connectivity index (χ0n) is 23.0. The Balaban J connectivity index is 0.00000722. The molecule has 0 saturated heterocycles. The number of hydroxylamine groups is 1. The SMILES string of the molecule is Br.Br.O=C(CCCCCCC(=O)NCCCNCCCCNCCC(c1ccccc1)c1ccccc1)NO. The molecule has 39 heavy (non-hydrogen) atoms. The summed E-state index contributed by atoms with van der Waals surface area (Å²) in [6.45, 7) is 4.65. The highest BCUT2D eigenvalue weighted by molar-refractivity contribution is 8.93. The Morgan fingerprint density at radius 1 is 0.590 bits per heavy atom. The summed E-state index contributed by atoms with van der Waals surface area (Å²) in [5.41, 5.74) is 4.38. The van der Waals surface area contributed by atoms with Crippen LogP contribution in [-0.2, 0) is 9.59 Å². The van der Waals surface area contributed by atoms with Crippen molar-refractivity contribution in [2.45, 2.75) is 70.1 Å². The number of rotatable bonds is 21. The third-order valence-corrected chi connectivity index (χ3v) is 6.51. The summed E-state index contributed by atoms with van der Waals surface area (Å²) in [5, 5.41) is 18.5. The van der Waals surface area contributed by atoms with Crippen LogP contribution in [0.4, 0.5) is 0 Å². The molecule has 2 aromatic carbocycles. The van der Waals surface area contributed by atoms with Gasteiger partial charge in [-0.15, -0.1) is 34.0 Å². The molecule has 7 nitrogen and oxygen atoms in total. The first-order chi connectivity index (χ1) is 18.2. The number of amides is 2. The van der Waals surface area contributed by atoms with E-state index in [1.165, 1.54) is 11.1 Å². The summed E-state index contributed by atoms with van der Waals surface area (Å²) in [4.78, 5) is 22.8. The number of benzene rings is 2. The first-order valence-corrected chi connectivity index (χ1v) is 13.9. The fourth-order valence-electron chi connectivity index (χ4n) is 4.40. The monoisotopic (exact) mass is 670 g/mol. The number of hydrogen-bond acceptors (Lipinski definition) is 5. The molecule has 0 saturated carbocycles. The fourth-order valence-corrected chi connectivity index (χ4v) is 4.40. The van der Waals surface area contributed by atoms with E-state index in [4.69, 9.17) is 5.21 Å². The van der Waals surface area contributed by atoms with Crippen LogP contribution in [0, 0.1) is 0 Å². The summed E-state index contributed by atoms with van der Waals surface area (Å²) in [6, 6.07) is 21.5. The molecule has 0 fully saturated rings. The van der Waals surface area contributed by atoms with Crippen molar-refractivity contribution in [3.63, 3.8) is 0 Å². The number of unbranched alkanes of at least 4 members (excludes halogenated alkanes) is 4. The molecule has 220 valence electrons. The smallest absolute Gasteiger partial charge is 0.243 e. The molecule has 9 heteroatoms. The molecule has 0 aliphatic carbocycles. The molecule has 2 amide bonds. The van der Waals surface area contributed by atoms with Crippen molar-refractivity contribution < 1.29 is 14.8 Å². The van der Waals surface area contributed by atoms with Crippen molar-refractivity contribution >= 4 is 45.8 Å². The van der Waals surface area contributed by atoms with E-state index in [0.29, 0.717) is 25.3 Å². The van der Waals surface area contributed by atoms with Crippen LogP contribution in [0.3, 0.4) is 0 Å². The van der Waals surface area contributed by atoms with Gasteiger partial charge in [0.15, 0.2) is 0 Å². The Morgan fingerprint density at radius 3 is 1.62 bits per heavy atom.